The lowest BCUT2D eigenvalue weighted by molar-refractivity contribution is -0.143. The predicted octanol–water partition coefficient (Wildman–Crippen LogP) is 1.84. The van der Waals surface area contributed by atoms with Gasteiger partial charge in [0.05, 0.1) is 42.4 Å². The van der Waals surface area contributed by atoms with Gasteiger partial charge in [0.15, 0.2) is 0 Å². The van der Waals surface area contributed by atoms with Crippen LogP contribution < -0.4 is 10.6 Å². The first-order chi connectivity index (χ1) is 20.9. The first-order valence-electron chi connectivity index (χ1n) is 15.4. The molecule has 10 heteroatoms. The molecule has 230 valence electrons. The van der Waals surface area contributed by atoms with Crippen molar-refractivity contribution in [2.75, 3.05) is 46.0 Å². The van der Waals surface area contributed by atoms with Crippen molar-refractivity contribution in [3.63, 3.8) is 0 Å². The number of nitrogens with zero attached hydrogens (tertiary/aromatic N) is 2. The number of morpholine rings is 1. The number of benzene rings is 2. The highest BCUT2D eigenvalue weighted by Crippen LogP contribution is 2.71. The summed E-state index contributed by atoms with van der Waals surface area (Å²) in [4.78, 5) is 46.5. The van der Waals surface area contributed by atoms with Crippen LogP contribution in [0.2, 0.25) is 0 Å². The number of hydrogen-bond donors (Lipinski definition) is 3. The van der Waals surface area contributed by atoms with E-state index in [2.05, 4.69) is 22.5 Å². The second kappa shape index (κ2) is 12.6. The first-order valence-corrected chi connectivity index (χ1v) is 16.2. The highest BCUT2D eigenvalue weighted by Gasteiger charge is 2.77. The van der Waals surface area contributed by atoms with Crippen LogP contribution in [0.5, 0.6) is 0 Å². The van der Waals surface area contributed by atoms with Crippen LogP contribution in [0.4, 0.5) is 0 Å². The summed E-state index contributed by atoms with van der Waals surface area (Å²) in [5.74, 6) is -1.73. The van der Waals surface area contributed by atoms with Crippen molar-refractivity contribution < 1.29 is 24.2 Å². The van der Waals surface area contributed by atoms with E-state index >= 15 is 0 Å². The molecule has 9 nitrogen and oxygen atoms in total. The van der Waals surface area contributed by atoms with Gasteiger partial charge in [0.1, 0.15) is 6.04 Å². The summed E-state index contributed by atoms with van der Waals surface area (Å²) in [6.45, 7) is 6.38. The van der Waals surface area contributed by atoms with E-state index in [4.69, 9.17) is 4.74 Å². The van der Waals surface area contributed by atoms with Crippen LogP contribution >= 0.6 is 11.8 Å². The van der Waals surface area contributed by atoms with Gasteiger partial charge in [0, 0.05) is 37.5 Å². The lowest BCUT2D eigenvalue weighted by Gasteiger charge is -2.37. The fourth-order valence-corrected chi connectivity index (χ4v) is 10.1. The van der Waals surface area contributed by atoms with Crippen LogP contribution in [-0.4, -0.2) is 100 Å². The molecule has 0 saturated carbocycles. The molecule has 2 unspecified atom stereocenters. The van der Waals surface area contributed by atoms with E-state index in [0.29, 0.717) is 45.7 Å². The number of carbonyl (C=O) groups is 3. The molecule has 4 heterocycles. The molecule has 3 N–H and O–H groups in total. The second-order valence-electron chi connectivity index (χ2n) is 12.4. The average molecular weight is 607 g/mol. The highest BCUT2D eigenvalue weighted by molar-refractivity contribution is 8.02. The van der Waals surface area contributed by atoms with Gasteiger partial charge in [0.2, 0.25) is 17.7 Å². The molecule has 4 aliphatic heterocycles. The Morgan fingerprint density at radius 2 is 1.67 bits per heavy atom. The third-order valence-electron chi connectivity index (χ3n) is 9.80. The first kappa shape index (κ1) is 30.1. The SMILES string of the molecule is C[C@@]12CCC3(S1)C(C(=O)NCCN1CCOCC1)N([C@@H](CO)Cc1ccccc1)C(=O)[C@@H]3[C@@H]2C(=O)NCc1ccccc1. The van der Waals surface area contributed by atoms with E-state index in [0.717, 1.165) is 30.6 Å². The van der Waals surface area contributed by atoms with Crippen LogP contribution in [-0.2, 0) is 32.1 Å². The Morgan fingerprint density at radius 3 is 2.35 bits per heavy atom. The summed E-state index contributed by atoms with van der Waals surface area (Å²) < 4.78 is 4.27. The Kier molecular flexibility index (Phi) is 8.82. The minimum atomic E-state index is -0.769. The lowest BCUT2D eigenvalue weighted by Crippen LogP contribution is -2.57. The van der Waals surface area contributed by atoms with Crippen molar-refractivity contribution in [3.8, 4) is 0 Å². The number of hydrogen-bond acceptors (Lipinski definition) is 7. The maximum atomic E-state index is 14.5. The number of carbonyl (C=O) groups excluding carboxylic acids is 3. The van der Waals surface area contributed by atoms with Gasteiger partial charge in [-0.1, -0.05) is 60.7 Å². The van der Waals surface area contributed by atoms with Crippen molar-refractivity contribution in [2.45, 2.75) is 54.3 Å². The molecule has 2 aromatic rings. The minimum Gasteiger partial charge on any atom is -0.394 e. The number of aliphatic hydroxyl groups excluding tert-OH is 1. The number of thioether (sulfide) groups is 1. The maximum absolute atomic E-state index is 14.5. The van der Waals surface area contributed by atoms with Crippen LogP contribution in [0, 0.1) is 11.8 Å². The molecule has 3 amide bonds. The topological polar surface area (TPSA) is 111 Å². The number of fused-ring (bicyclic) bond motifs is 1. The van der Waals surface area contributed by atoms with Gasteiger partial charge in [-0.15, -0.1) is 11.8 Å². The van der Waals surface area contributed by atoms with Crippen LogP contribution in [0.15, 0.2) is 60.7 Å². The number of aliphatic hydroxyl groups is 1. The molecule has 43 heavy (non-hydrogen) atoms. The van der Waals surface area contributed by atoms with Crippen LogP contribution in [0.25, 0.3) is 0 Å². The second-order valence-corrected chi connectivity index (χ2v) is 14.3. The molecule has 4 fully saturated rings. The Labute approximate surface area is 257 Å². The fourth-order valence-electron chi connectivity index (χ4n) is 7.75. The zero-order valence-electron chi connectivity index (χ0n) is 24.7. The van der Waals surface area contributed by atoms with Crippen molar-refractivity contribution in [1.29, 1.82) is 0 Å². The van der Waals surface area contributed by atoms with Gasteiger partial charge < -0.3 is 25.4 Å². The van der Waals surface area contributed by atoms with Gasteiger partial charge in [-0.2, -0.15) is 0 Å². The van der Waals surface area contributed by atoms with Crippen LogP contribution in [0.1, 0.15) is 30.9 Å². The summed E-state index contributed by atoms with van der Waals surface area (Å²) in [6, 6.07) is 18.1. The molecule has 6 atom stereocenters. The van der Waals surface area contributed by atoms with E-state index in [1.165, 1.54) is 0 Å². The number of nitrogens with one attached hydrogen (secondary N) is 2. The Bertz CT molecular complexity index is 1310. The van der Waals surface area contributed by atoms with Gasteiger partial charge in [-0.05, 0) is 37.3 Å². The molecule has 4 aliphatic rings. The van der Waals surface area contributed by atoms with Crippen molar-refractivity contribution in [3.05, 3.63) is 71.8 Å². The maximum Gasteiger partial charge on any atom is 0.244 e. The molecule has 6 rings (SSSR count). The molecule has 2 aromatic carbocycles. The molecule has 2 bridgehead atoms. The normalized spacial score (nSPS) is 30.7. The zero-order valence-corrected chi connectivity index (χ0v) is 25.6. The van der Waals surface area contributed by atoms with Gasteiger partial charge >= 0.3 is 0 Å². The fraction of sp³-hybridized carbons (Fsp3) is 0.545. The molecule has 0 aliphatic carbocycles. The monoisotopic (exact) mass is 606 g/mol. The van der Waals surface area contributed by atoms with E-state index in [-0.39, 0.29) is 24.3 Å². The van der Waals surface area contributed by atoms with E-state index < -0.39 is 33.4 Å². The summed E-state index contributed by atoms with van der Waals surface area (Å²) in [5.41, 5.74) is 1.98. The lowest BCUT2D eigenvalue weighted by atomic mass is 9.66. The largest absolute Gasteiger partial charge is 0.394 e. The molecular formula is C33H42N4O5S. The molecule has 4 saturated heterocycles. The summed E-state index contributed by atoms with van der Waals surface area (Å²) >= 11 is 1.66. The number of amides is 3. The molecule has 0 aromatic heterocycles. The van der Waals surface area contributed by atoms with Gasteiger partial charge in [0.25, 0.3) is 0 Å². The van der Waals surface area contributed by atoms with Crippen LogP contribution in [0.3, 0.4) is 0 Å². The van der Waals surface area contributed by atoms with E-state index in [9.17, 15) is 19.5 Å². The summed E-state index contributed by atoms with van der Waals surface area (Å²) in [5, 5.41) is 16.9. The predicted molar refractivity (Wildman–Crippen MR) is 165 cm³/mol. The minimum absolute atomic E-state index is 0.143. The van der Waals surface area contributed by atoms with E-state index in [1.54, 1.807) is 16.7 Å². The number of rotatable bonds is 11. The molecular weight excluding hydrogens is 564 g/mol. The summed E-state index contributed by atoms with van der Waals surface area (Å²) in [7, 11) is 0. The van der Waals surface area contributed by atoms with E-state index in [1.807, 2.05) is 60.7 Å². The van der Waals surface area contributed by atoms with Gasteiger partial charge in [-0.3, -0.25) is 19.3 Å². The van der Waals surface area contributed by atoms with Crippen molar-refractivity contribution in [1.82, 2.24) is 20.4 Å². The van der Waals surface area contributed by atoms with Crippen molar-refractivity contribution >= 4 is 29.5 Å². The third kappa shape index (κ3) is 5.70. The Morgan fingerprint density at radius 1 is 1.00 bits per heavy atom. The Balaban J connectivity index is 1.28. The number of ether oxygens (including phenoxy) is 1. The molecule has 1 spiro atoms. The highest BCUT2D eigenvalue weighted by atomic mass is 32.2. The smallest absolute Gasteiger partial charge is 0.244 e. The standard InChI is InChI=1S/C33H42N4O5S/c1-32-12-13-33(43-32)27(26(32)29(39)35-21-24-10-6-3-7-11-24)31(41)37(25(22-38)20-23-8-4-2-5-9-23)28(33)30(40)34-14-15-36-16-18-42-19-17-36/h2-11,25-28,38H,12-22H2,1H3,(H,34,40)(H,35,39)/t25-,26-,27+,28?,32+,33?/m1/s1. The number of likely N-dealkylation sites (tertiary alicyclic amines) is 1. The summed E-state index contributed by atoms with van der Waals surface area (Å²) in [6.07, 6.45) is 1.85. The third-order valence-corrected chi connectivity index (χ3v) is 11.8. The van der Waals surface area contributed by atoms with Gasteiger partial charge in [-0.25, -0.2) is 0 Å². The zero-order chi connectivity index (χ0) is 30.0. The molecule has 0 radical (unpaired) electrons. The average Bonchev–Trinajstić information content (AvgIpc) is 3.60. The Hall–Kier alpha value is -2.92. The van der Waals surface area contributed by atoms with Crippen molar-refractivity contribution in [2.24, 2.45) is 11.8 Å². The quantitative estimate of drug-likeness (QED) is 0.358.